The van der Waals surface area contributed by atoms with E-state index in [0.717, 1.165) is 17.0 Å². The van der Waals surface area contributed by atoms with Crippen LogP contribution in [0, 0.1) is 0 Å². The van der Waals surface area contributed by atoms with Gasteiger partial charge < -0.3 is 4.74 Å². The van der Waals surface area contributed by atoms with Gasteiger partial charge in [-0.05, 0) is 12.0 Å². The largest absolute Gasteiger partial charge is 0.443 e. The maximum atomic E-state index is 11.4. The molecule has 0 aliphatic carbocycles. The summed E-state index contributed by atoms with van der Waals surface area (Å²) in [4.78, 5) is 22.8. The molecule has 5 nitrogen and oxygen atoms in total. The fourth-order valence-electron chi connectivity index (χ4n) is 1.34. The Labute approximate surface area is 107 Å². The van der Waals surface area contributed by atoms with Crippen molar-refractivity contribution in [3.63, 3.8) is 0 Å². The second-order valence-electron chi connectivity index (χ2n) is 3.88. The minimum Gasteiger partial charge on any atom is -0.443 e. The third kappa shape index (κ3) is 4.86. The SMILES string of the molecule is CCCC(=O)N(C)NC(=O)OCc1ccccc1. The van der Waals surface area contributed by atoms with Crippen molar-refractivity contribution in [3.8, 4) is 0 Å². The molecule has 0 unspecified atom stereocenters. The molecule has 0 radical (unpaired) electrons. The van der Waals surface area contributed by atoms with Gasteiger partial charge in [0.25, 0.3) is 0 Å². The van der Waals surface area contributed by atoms with Crippen LogP contribution in [0.25, 0.3) is 0 Å². The Morgan fingerprint density at radius 1 is 1.28 bits per heavy atom. The summed E-state index contributed by atoms with van der Waals surface area (Å²) in [6, 6.07) is 9.35. The van der Waals surface area contributed by atoms with Crippen molar-refractivity contribution in [2.45, 2.75) is 26.4 Å². The fraction of sp³-hybridized carbons (Fsp3) is 0.385. The third-order valence-electron chi connectivity index (χ3n) is 2.31. The second kappa shape index (κ2) is 7.32. The van der Waals surface area contributed by atoms with E-state index in [2.05, 4.69) is 5.43 Å². The lowest BCUT2D eigenvalue weighted by Crippen LogP contribution is -2.43. The summed E-state index contributed by atoms with van der Waals surface area (Å²) < 4.78 is 4.98. The van der Waals surface area contributed by atoms with Crippen molar-refractivity contribution in [1.82, 2.24) is 10.4 Å². The number of carbonyl (C=O) groups is 2. The van der Waals surface area contributed by atoms with Crippen LogP contribution >= 0.6 is 0 Å². The first-order valence-corrected chi connectivity index (χ1v) is 5.87. The molecule has 2 amide bonds. The highest BCUT2D eigenvalue weighted by atomic mass is 16.6. The number of nitrogens with one attached hydrogen (secondary N) is 1. The normalized spacial score (nSPS) is 9.67. The van der Waals surface area contributed by atoms with Gasteiger partial charge in [0.05, 0.1) is 0 Å². The van der Waals surface area contributed by atoms with Crippen LogP contribution in [0.2, 0.25) is 0 Å². The number of carbonyl (C=O) groups excluding carboxylic acids is 2. The topological polar surface area (TPSA) is 58.6 Å². The van der Waals surface area contributed by atoms with Gasteiger partial charge in [-0.15, -0.1) is 0 Å². The van der Waals surface area contributed by atoms with Crippen LogP contribution in [-0.4, -0.2) is 24.1 Å². The van der Waals surface area contributed by atoms with E-state index >= 15 is 0 Å². The average molecular weight is 250 g/mol. The molecule has 18 heavy (non-hydrogen) atoms. The van der Waals surface area contributed by atoms with Gasteiger partial charge in [0.2, 0.25) is 5.91 Å². The lowest BCUT2D eigenvalue weighted by atomic mass is 10.2. The van der Waals surface area contributed by atoms with E-state index in [1.54, 1.807) is 0 Å². The van der Waals surface area contributed by atoms with E-state index in [0.29, 0.717) is 6.42 Å². The van der Waals surface area contributed by atoms with Crippen LogP contribution in [0.15, 0.2) is 30.3 Å². The van der Waals surface area contributed by atoms with Crippen molar-refractivity contribution < 1.29 is 14.3 Å². The van der Waals surface area contributed by atoms with Crippen molar-refractivity contribution in [1.29, 1.82) is 0 Å². The maximum Gasteiger partial charge on any atom is 0.426 e. The van der Waals surface area contributed by atoms with E-state index in [9.17, 15) is 9.59 Å². The number of hydrazine groups is 1. The summed E-state index contributed by atoms with van der Waals surface area (Å²) in [6.07, 6.45) is 0.505. The molecule has 0 aliphatic heterocycles. The van der Waals surface area contributed by atoms with Crippen LogP contribution in [0.1, 0.15) is 25.3 Å². The molecule has 0 saturated carbocycles. The summed E-state index contributed by atoms with van der Waals surface area (Å²) in [5, 5.41) is 1.15. The van der Waals surface area contributed by atoms with Crippen molar-refractivity contribution in [2.75, 3.05) is 7.05 Å². The number of amides is 2. The Balaban J connectivity index is 2.31. The van der Waals surface area contributed by atoms with E-state index in [-0.39, 0.29) is 12.5 Å². The molecule has 0 aromatic heterocycles. The maximum absolute atomic E-state index is 11.4. The lowest BCUT2D eigenvalue weighted by Gasteiger charge is -2.17. The summed E-state index contributed by atoms with van der Waals surface area (Å²) in [5.74, 6) is -0.144. The molecule has 0 saturated heterocycles. The molecule has 98 valence electrons. The first-order chi connectivity index (χ1) is 8.63. The Morgan fingerprint density at radius 3 is 2.56 bits per heavy atom. The second-order valence-corrected chi connectivity index (χ2v) is 3.88. The standard InChI is InChI=1S/C13H18N2O3/c1-3-7-12(16)15(2)14-13(17)18-10-11-8-5-4-6-9-11/h4-6,8-9H,3,7,10H2,1-2H3,(H,14,17). The zero-order chi connectivity index (χ0) is 13.4. The summed E-state index contributed by atoms with van der Waals surface area (Å²) in [6.45, 7) is 2.09. The molecule has 0 aliphatic rings. The quantitative estimate of drug-likeness (QED) is 0.832. The molecule has 0 fully saturated rings. The molecule has 0 bridgehead atoms. The summed E-state index contributed by atoms with van der Waals surface area (Å²) in [7, 11) is 1.50. The number of rotatable bonds is 4. The van der Waals surface area contributed by atoms with Crippen LogP contribution in [0.4, 0.5) is 4.79 Å². The van der Waals surface area contributed by atoms with Gasteiger partial charge >= 0.3 is 6.09 Å². The smallest absolute Gasteiger partial charge is 0.426 e. The highest BCUT2D eigenvalue weighted by Crippen LogP contribution is 2.00. The molecular formula is C13H18N2O3. The molecular weight excluding hydrogens is 232 g/mol. The zero-order valence-corrected chi connectivity index (χ0v) is 10.7. The number of hydrogen-bond donors (Lipinski definition) is 1. The Bertz CT molecular complexity index is 392. The Kier molecular flexibility index (Phi) is 5.70. The minimum atomic E-state index is -0.634. The highest BCUT2D eigenvalue weighted by molar-refractivity contribution is 5.78. The minimum absolute atomic E-state index is 0.144. The predicted molar refractivity (Wildman–Crippen MR) is 67.4 cm³/mol. The van der Waals surface area contributed by atoms with Crippen LogP contribution < -0.4 is 5.43 Å². The average Bonchev–Trinajstić information content (AvgIpc) is 2.38. The molecule has 0 atom stereocenters. The number of ether oxygens (including phenoxy) is 1. The monoisotopic (exact) mass is 250 g/mol. The summed E-state index contributed by atoms with van der Waals surface area (Å²) in [5.41, 5.74) is 3.26. The van der Waals surface area contributed by atoms with Crippen molar-refractivity contribution in [3.05, 3.63) is 35.9 Å². The zero-order valence-electron chi connectivity index (χ0n) is 10.7. The lowest BCUT2D eigenvalue weighted by molar-refractivity contribution is -0.132. The van der Waals surface area contributed by atoms with E-state index in [1.807, 2.05) is 37.3 Å². The highest BCUT2D eigenvalue weighted by Gasteiger charge is 2.11. The van der Waals surface area contributed by atoms with Crippen LogP contribution in [0.3, 0.4) is 0 Å². The van der Waals surface area contributed by atoms with Gasteiger partial charge in [-0.25, -0.2) is 10.2 Å². The number of benzene rings is 1. The first kappa shape index (κ1) is 14.0. The van der Waals surface area contributed by atoms with Gasteiger partial charge in [0.1, 0.15) is 6.61 Å². The van der Waals surface area contributed by atoms with Gasteiger partial charge in [0.15, 0.2) is 0 Å². The van der Waals surface area contributed by atoms with Gasteiger partial charge in [0, 0.05) is 13.5 Å². The molecule has 0 spiro atoms. The molecule has 1 aromatic carbocycles. The van der Waals surface area contributed by atoms with E-state index in [4.69, 9.17) is 4.74 Å². The van der Waals surface area contributed by atoms with Crippen molar-refractivity contribution in [2.24, 2.45) is 0 Å². The Hall–Kier alpha value is -2.04. The Morgan fingerprint density at radius 2 is 1.94 bits per heavy atom. The van der Waals surface area contributed by atoms with Crippen molar-refractivity contribution >= 4 is 12.0 Å². The summed E-state index contributed by atoms with van der Waals surface area (Å²) >= 11 is 0. The van der Waals surface area contributed by atoms with Crippen LogP contribution in [0.5, 0.6) is 0 Å². The predicted octanol–water partition coefficient (Wildman–Crippen LogP) is 2.09. The van der Waals surface area contributed by atoms with Gasteiger partial charge in [-0.3, -0.25) is 9.80 Å². The van der Waals surface area contributed by atoms with Gasteiger partial charge in [-0.1, -0.05) is 37.3 Å². The number of nitrogens with zero attached hydrogens (tertiary/aromatic N) is 1. The molecule has 1 aromatic rings. The van der Waals surface area contributed by atoms with Crippen LogP contribution in [-0.2, 0) is 16.1 Å². The number of hydrogen-bond acceptors (Lipinski definition) is 3. The van der Waals surface area contributed by atoms with E-state index < -0.39 is 6.09 Å². The first-order valence-electron chi connectivity index (χ1n) is 5.87. The fourth-order valence-corrected chi connectivity index (χ4v) is 1.34. The molecule has 0 heterocycles. The molecule has 5 heteroatoms. The molecule has 1 N–H and O–H groups in total. The third-order valence-corrected chi connectivity index (χ3v) is 2.31. The van der Waals surface area contributed by atoms with E-state index in [1.165, 1.54) is 7.05 Å². The molecule has 1 rings (SSSR count). The van der Waals surface area contributed by atoms with Gasteiger partial charge in [-0.2, -0.15) is 0 Å².